The van der Waals surface area contributed by atoms with Crippen LogP contribution in [-0.4, -0.2) is 30.0 Å². The molecule has 1 fully saturated rings. The van der Waals surface area contributed by atoms with Gasteiger partial charge in [0, 0.05) is 29.3 Å². The summed E-state index contributed by atoms with van der Waals surface area (Å²) in [5, 5.41) is 1.36. The Morgan fingerprint density at radius 3 is 3.06 bits per heavy atom. The minimum absolute atomic E-state index is 0.665. The standard InChI is InChI=1S/C15H16N2S/c1-17-7-6-11(9-17)15-16-14-12-5-3-2-4-10(12)8-13(14)18-15/h2-5,11H,6-9H2,1H3. The van der Waals surface area contributed by atoms with Gasteiger partial charge in [-0.05, 0) is 25.6 Å². The predicted octanol–water partition coefficient (Wildman–Crippen LogP) is 3.13. The Balaban J connectivity index is 1.72. The van der Waals surface area contributed by atoms with Gasteiger partial charge in [-0.3, -0.25) is 0 Å². The molecule has 1 saturated heterocycles. The third kappa shape index (κ3) is 1.54. The van der Waals surface area contributed by atoms with Crippen molar-refractivity contribution in [1.29, 1.82) is 0 Å². The monoisotopic (exact) mass is 256 g/mol. The molecule has 4 rings (SSSR count). The van der Waals surface area contributed by atoms with Gasteiger partial charge >= 0.3 is 0 Å². The van der Waals surface area contributed by atoms with Crippen LogP contribution >= 0.6 is 11.3 Å². The average molecular weight is 256 g/mol. The molecule has 92 valence electrons. The van der Waals surface area contributed by atoms with E-state index in [0.29, 0.717) is 5.92 Å². The van der Waals surface area contributed by atoms with Gasteiger partial charge in [0.15, 0.2) is 0 Å². The second-order valence-electron chi connectivity index (χ2n) is 5.41. The molecule has 2 heterocycles. The van der Waals surface area contributed by atoms with Crippen molar-refractivity contribution in [2.75, 3.05) is 20.1 Å². The van der Waals surface area contributed by atoms with Crippen LogP contribution in [0.1, 0.15) is 27.8 Å². The molecule has 2 nitrogen and oxygen atoms in total. The number of benzene rings is 1. The molecule has 1 unspecified atom stereocenters. The van der Waals surface area contributed by atoms with E-state index in [0.717, 1.165) is 6.42 Å². The van der Waals surface area contributed by atoms with E-state index in [-0.39, 0.29) is 0 Å². The quantitative estimate of drug-likeness (QED) is 0.665. The lowest BCUT2D eigenvalue weighted by molar-refractivity contribution is 0.411. The summed E-state index contributed by atoms with van der Waals surface area (Å²) in [6.45, 7) is 2.39. The first-order valence-electron chi connectivity index (χ1n) is 6.57. The normalized spacial score (nSPS) is 22.2. The molecule has 3 heteroatoms. The first-order chi connectivity index (χ1) is 8.81. The summed E-state index contributed by atoms with van der Waals surface area (Å²) >= 11 is 1.94. The number of hydrogen-bond donors (Lipinski definition) is 0. The van der Waals surface area contributed by atoms with Crippen LogP contribution in [0.25, 0.3) is 11.3 Å². The highest BCUT2D eigenvalue weighted by molar-refractivity contribution is 7.12. The minimum atomic E-state index is 0.665. The molecular weight excluding hydrogens is 240 g/mol. The number of fused-ring (bicyclic) bond motifs is 3. The number of rotatable bonds is 1. The molecule has 0 spiro atoms. The highest BCUT2D eigenvalue weighted by atomic mass is 32.1. The zero-order valence-electron chi connectivity index (χ0n) is 10.5. The van der Waals surface area contributed by atoms with Crippen LogP contribution in [0.15, 0.2) is 24.3 Å². The van der Waals surface area contributed by atoms with Gasteiger partial charge in [0.1, 0.15) is 0 Å². The zero-order chi connectivity index (χ0) is 12.1. The van der Waals surface area contributed by atoms with Crippen molar-refractivity contribution in [3.8, 4) is 11.3 Å². The van der Waals surface area contributed by atoms with Crippen LogP contribution < -0.4 is 0 Å². The van der Waals surface area contributed by atoms with Gasteiger partial charge in [-0.15, -0.1) is 11.3 Å². The molecule has 0 saturated carbocycles. The molecule has 0 N–H and O–H groups in total. The maximum Gasteiger partial charge on any atom is 0.0979 e. The minimum Gasteiger partial charge on any atom is -0.306 e. The Kier molecular flexibility index (Phi) is 2.32. The highest BCUT2D eigenvalue weighted by Gasteiger charge is 2.28. The van der Waals surface area contributed by atoms with Gasteiger partial charge < -0.3 is 4.90 Å². The summed E-state index contributed by atoms with van der Waals surface area (Å²) in [6, 6.07) is 8.69. The lowest BCUT2D eigenvalue weighted by atomic mass is 10.1. The second kappa shape index (κ2) is 3.90. The topological polar surface area (TPSA) is 16.1 Å². The van der Waals surface area contributed by atoms with Crippen molar-refractivity contribution in [1.82, 2.24) is 9.88 Å². The van der Waals surface area contributed by atoms with E-state index in [2.05, 4.69) is 36.2 Å². The maximum absolute atomic E-state index is 4.94. The van der Waals surface area contributed by atoms with Gasteiger partial charge in [0.05, 0.1) is 10.7 Å². The van der Waals surface area contributed by atoms with E-state index < -0.39 is 0 Å². The molecule has 1 aromatic heterocycles. The van der Waals surface area contributed by atoms with E-state index >= 15 is 0 Å². The second-order valence-corrected chi connectivity index (χ2v) is 6.52. The Morgan fingerprint density at radius 1 is 1.33 bits per heavy atom. The molecule has 1 aromatic carbocycles. The first-order valence-corrected chi connectivity index (χ1v) is 7.39. The van der Waals surface area contributed by atoms with E-state index in [1.54, 1.807) is 0 Å². The summed E-state index contributed by atoms with van der Waals surface area (Å²) in [4.78, 5) is 8.82. The summed E-state index contributed by atoms with van der Waals surface area (Å²) in [5.74, 6) is 0.665. The van der Waals surface area contributed by atoms with Crippen molar-refractivity contribution < 1.29 is 0 Å². The molecule has 2 aromatic rings. The molecule has 0 bridgehead atoms. The van der Waals surface area contributed by atoms with Gasteiger partial charge in [0.25, 0.3) is 0 Å². The Morgan fingerprint density at radius 2 is 2.22 bits per heavy atom. The van der Waals surface area contributed by atoms with E-state index in [1.165, 1.54) is 46.2 Å². The summed E-state index contributed by atoms with van der Waals surface area (Å²) < 4.78 is 0. The van der Waals surface area contributed by atoms with Gasteiger partial charge in [-0.1, -0.05) is 24.3 Å². The number of aromatic nitrogens is 1. The van der Waals surface area contributed by atoms with Crippen molar-refractivity contribution in [2.24, 2.45) is 0 Å². The van der Waals surface area contributed by atoms with Crippen molar-refractivity contribution >= 4 is 11.3 Å². The Hall–Kier alpha value is -1.19. The average Bonchev–Trinajstić information content (AvgIpc) is 3.01. The maximum atomic E-state index is 4.94. The number of thiazole rings is 1. The smallest absolute Gasteiger partial charge is 0.0979 e. The molecule has 1 aliphatic carbocycles. The number of nitrogens with zero attached hydrogens (tertiary/aromatic N) is 2. The predicted molar refractivity (Wildman–Crippen MR) is 75.2 cm³/mol. The molecule has 0 radical (unpaired) electrons. The summed E-state index contributed by atoms with van der Waals surface area (Å²) in [6.07, 6.45) is 2.36. The molecular formula is C15H16N2S. The van der Waals surface area contributed by atoms with Crippen molar-refractivity contribution in [3.05, 3.63) is 39.7 Å². The molecule has 18 heavy (non-hydrogen) atoms. The van der Waals surface area contributed by atoms with Gasteiger partial charge in [0.2, 0.25) is 0 Å². The van der Waals surface area contributed by atoms with E-state index in [4.69, 9.17) is 4.98 Å². The highest BCUT2D eigenvalue weighted by Crippen LogP contribution is 2.42. The number of likely N-dealkylation sites (N-methyl/N-ethyl adjacent to an activating group) is 1. The lowest BCUT2D eigenvalue weighted by Crippen LogP contribution is -2.13. The van der Waals surface area contributed by atoms with Crippen LogP contribution in [0, 0.1) is 0 Å². The van der Waals surface area contributed by atoms with Crippen molar-refractivity contribution in [3.63, 3.8) is 0 Å². The molecule has 2 aliphatic rings. The van der Waals surface area contributed by atoms with E-state index in [1.807, 2.05) is 11.3 Å². The summed E-state index contributed by atoms with van der Waals surface area (Å²) in [7, 11) is 2.20. The molecule has 1 atom stereocenters. The fourth-order valence-corrected chi connectivity index (χ4v) is 4.32. The van der Waals surface area contributed by atoms with Crippen LogP contribution in [0.3, 0.4) is 0 Å². The SMILES string of the molecule is CN1CCC(c2nc3c(s2)Cc2ccccc2-3)C1. The fraction of sp³-hybridized carbons (Fsp3) is 0.400. The summed E-state index contributed by atoms with van der Waals surface area (Å²) in [5.41, 5.74) is 4.07. The Bertz CT molecular complexity index is 602. The largest absolute Gasteiger partial charge is 0.306 e. The lowest BCUT2D eigenvalue weighted by Gasteiger charge is -2.07. The molecule has 1 aliphatic heterocycles. The third-order valence-corrected chi connectivity index (χ3v) is 5.30. The van der Waals surface area contributed by atoms with Crippen molar-refractivity contribution in [2.45, 2.75) is 18.8 Å². The van der Waals surface area contributed by atoms with Crippen LogP contribution in [-0.2, 0) is 6.42 Å². The van der Waals surface area contributed by atoms with Gasteiger partial charge in [-0.25, -0.2) is 4.98 Å². The first kappa shape index (κ1) is 10.7. The van der Waals surface area contributed by atoms with E-state index in [9.17, 15) is 0 Å². The van der Waals surface area contributed by atoms with Crippen LogP contribution in [0.2, 0.25) is 0 Å². The number of hydrogen-bond acceptors (Lipinski definition) is 3. The Labute approximate surface area is 111 Å². The fourth-order valence-electron chi connectivity index (χ4n) is 3.09. The number of likely N-dealkylation sites (tertiary alicyclic amines) is 1. The third-order valence-electron chi connectivity index (χ3n) is 4.08. The zero-order valence-corrected chi connectivity index (χ0v) is 11.3. The van der Waals surface area contributed by atoms with Crippen LogP contribution in [0.4, 0.5) is 0 Å². The van der Waals surface area contributed by atoms with Crippen LogP contribution in [0.5, 0.6) is 0 Å². The van der Waals surface area contributed by atoms with Gasteiger partial charge in [-0.2, -0.15) is 0 Å². The molecule has 0 amide bonds.